The van der Waals surface area contributed by atoms with Gasteiger partial charge in [0.15, 0.2) is 6.61 Å². The molecule has 0 heterocycles. The van der Waals surface area contributed by atoms with Crippen LogP contribution in [0.3, 0.4) is 0 Å². The summed E-state index contributed by atoms with van der Waals surface area (Å²) in [6, 6.07) is 11.7. The van der Waals surface area contributed by atoms with Crippen LogP contribution in [-0.2, 0) is 11.3 Å². The van der Waals surface area contributed by atoms with Crippen molar-refractivity contribution in [1.29, 1.82) is 0 Å². The number of hydrogen-bond donors (Lipinski definition) is 0. The summed E-state index contributed by atoms with van der Waals surface area (Å²) in [6.45, 7) is 6.86. The molecule has 0 fully saturated rings. The largest absolute Gasteiger partial charge is 0.496 e. The molecule has 140 valence electrons. The zero-order chi connectivity index (χ0) is 19.3. The molecule has 0 aliphatic carbocycles. The maximum Gasteiger partial charge on any atom is 0.260 e. The highest BCUT2D eigenvalue weighted by Crippen LogP contribution is 2.25. The summed E-state index contributed by atoms with van der Waals surface area (Å²) < 4.78 is 12.0. The minimum Gasteiger partial charge on any atom is -0.496 e. The molecule has 26 heavy (non-hydrogen) atoms. The second-order valence-electron chi connectivity index (χ2n) is 6.67. The lowest BCUT2D eigenvalue weighted by molar-refractivity contribution is -0.132. The smallest absolute Gasteiger partial charge is 0.260 e. The van der Waals surface area contributed by atoms with Crippen molar-refractivity contribution in [3.63, 3.8) is 0 Å². The molecule has 0 aliphatic rings. The van der Waals surface area contributed by atoms with Crippen LogP contribution in [-0.4, -0.2) is 31.6 Å². The molecule has 0 atom stereocenters. The summed E-state index contributed by atoms with van der Waals surface area (Å²) in [7, 11) is 3.39. The van der Waals surface area contributed by atoms with Crippen LogP contribution in [0.1, 0.15) is 36.5 Å². The molecule has 5 heteroatoms. The van der Waals surface area contributed by atoms with Crippen molar-refractivity contribution in [2.24, 2.45) is 0 Å². The molecule has 0 unspecified atom stereocenters. The molecule has 0 saturated carbocycles. The van der Waals surface area contributed by atoms with E-state index in [0.29, 0.717) is 18.2 Å². The molecule has 0 aromatic heterocycles. The first-order chi connectivity index (χ1) is 12.3. The Labute approximate surface area is 164 Å². The Morgan fingerprint density at radius 2 is 1.92 bits per heavy atom. The Hall–Kier alpha value is -2.01. The number of carbonyl (C=O) groups is 1. The fourth-order valence-corrected chi connectivity index (χ4v) is 3.26. The molecule has 2 aromatic carbocycles. The topological polar surface area (TPSA) is 38.8 Å². The molecule has 0 bridgehead atoms. The summed E-state index contributed by atoms with van der Waals surface area (Å²) in [5.41, 5.74) is 3.41. The second kappa shape index (κ2) is 9.08. The highest BCUT2D eigenvalue weighted by Gasteiger charge is 2.14. The predicted molar refractivity (Wildman–Crippen MR) is 108 cm³/mol. The van der Waals surface area contributed by atoms with Crippen molar-refractivity contribution in [3.05, 3.63) is 57.6 Å². The fraction of sp³-hybridized carbons (Fsp3) is 0.381. The number of ether oxygens (including phenoxy) is 2. The van der Waals surface area contributed by atoms with Gasteiger partial charge in [0.05, 0.1) is 7.11 Å². The number of aryl methyl sites for hydroxylation is 1. The number of nitrogens with zero attached hydrogens (tertiary/aromatic N) is 1. The molecule has 0 saturated heterocycles. The summed E-state index contributed by atoms with van der Waals surface area (Å²) in [5.74, 6) is 1.86. The van der Waals surface area contributed by atoms with Gasteiger partial charge in [-0.2, -0.15) is 0 Å². The lowest BCUT2D eigenvalue weighted by atomic mass is 9.98. The van der Waals surface area contributed by atoms with Crippen LogP contribution < -0.4 is 9.47 Å². The van der Waals surface area contributed by atoms with Crippen molar-refractivity contribution >= 4 is 21.8 Å². The fourth-order valence-electron chi connectivity index (χ4n) is 2.86. The number of halogens is 1. The minimum absolute atomic E-state index is 0.00723. The standard InChI is InChI=1S/C21H26BrNO3/c1-14(2)19-8-7-18(10-15(19)3)26-13-21(24)23(4)12-16-11-17(22)6-9-20(16)25-5/h6-11,14H,12-13H2,1-5H3. The normalized spacial score (nSPS) is 10.7. The summed E-state index contributed by atoms with van der Waals surface area (Å²) in [5, 5.41) is 0. The number of methoxy groups -OCH3 is 1. The second-order valence-corrected chi connectivity index (χ2v) is 7.58. The SMILES string of the molecule is COc1ccc(Br)cc1CN(C)C(=O)COc1ccc(C(C)C)c(C)c1. The molecule has 2 aromatic rings. The summed E-state index contributed by atoms with van der Waals surface area (Å²) in [6.07, 6.45) is 0. The van der Waals surface area contributed by atoms with E-state index < -0.39 is 0 Å². The molecule has 0 spiro atoms. The maximum absolute atomic E-state index is 12.4. The Bertz CT molecular complexity index is 774. The quantitative estimate of drug-likeness (QED) is 0.638. The van der Waals surface area contributed by atoms with Gasteiger partial charge in [0, 0.05) is 23.6 Å². The molecule has 0 N–H and O–H groups in total. The van der Waals surface area contributed by atoms with Gasteiger partial charge in [-0.1, -0.05) is 35.8 Å². The minimum atomic E-state index is -0.0855. The van der Waals surface area contributed by atoms with Crippen LogP contribution in [0.5, 0.6) is 11.5 Å². The molecule has 0 aliphatic heterocycles. The number of likely N-dealkylation sites (N-methyl/N-ethyl adjacent to an activating group) is 1. The monoisotopic (exact) mass is 419 g/mol. The van der Waals surface area contributed by atoms with E-state index in [2.05, 4.69) is 42.8 Å². The summed E-state index contributed by atoms with van der Waals surface area (Å²) in [4.78, 5) is 14.1. The van der Waals surface area contributed by atoms with E-state index in [0.717, 1.165) is 15.8 Å². The first-order valence-electron chi connectivity index (χ1n) is 8.61. The van der Waals surface area contributed by atoms with Crippen LogP contribution in [0, 0.1) is 6.92 Å². The Morgan fingerprint density at radius 3 is 2.54 bits per heavy atom. The summed E-state index contributed by atoms with van der Waals surface area (Å²) >= 11 is 3.45. The van der Waals surface area contributed by atoms with Gasteiger partial charge in [-0.15, -0.1) is 0 Å². The number of rotatable bonds is 7. The van der Waals surface area contributed by atoms with Gasteiger partial charge in [0.25, 0.3) is 5.91 Å². The molecular formula is C21H26BrNO3. The Balaban J connectivity index is 1.97. The third-order valence-corrected chi connectivity index (χ3v) is 4.79. The van der Waals surface area contributed by atoms with E-state index in [1.165, 1.54) is 11.1 Å². The number of amides is 1. The number of benzene rings is 2. The van der Waals surface area contributed by atoms with Gasteiger partial charge >= 0.3 is 0 Å². The zero-order valence-corrected chi connectivity index (χ0v) is 17.6. The third-order valence-electron chi connectivity index (χ3n) is 4.30. The van der Waals surface area contributed by atoms with E-state index in [-0.39, 0.29) is 12.5 Å². The van der Waals surface area contributed by atoms with E-state index >= 15 is 0 Å². The van der Waals surface area contributed by atoms with Crippen molar-refractivity contribution < 1.29 is 14.3 Å². The maximum atomic E-state index is 12.4. The lowest BCUT2D eigenvalue weighted by Gasteiger charge is -2.19. The first kappa shape index (κ1) is 20.3. The third kappa shape index (κ3) is 5.24. The van der Waals surface area contributed by atoms with Crippen molar-refractivity contribution in [1.82, 2.24) is 4.90 Å². The number of carbonyl (C=O) groups excluding carboxylic acids is 1. The van der Waals surface area contributed by atoms with Crippen LogP contribution >= 0.6 is 15.9 Å². The van der Waals surface area contributed by atoms with Gasteiger partial charge in [0.1, 0.15) is 11.5 Å². The zero-order valence-electron chi connectivity index (χ0n) is 16.0. The Kier molecular flexibility index (Phi) is 7.09. The molecule has 4 nitrogen and oxygen atoms in total. The average molecular weight is 420 g/mol. The van der Waals surface area contributed by atoms with E-state index in [1.54, 1.807) is 19.1 Å². The van der Waals surface area contributed by atoms with Crippen LogP contribution in [0.2, 0.25) is 0 Å². The molecule has 0 radical (unpaired) electrons. The van der Waals surface area contributed by atoms with Crippen molar-refractivity contribution in [2.75, 3.05) is 20.8 Å². The number of hydrogen-bond acceptors (Lipinski definition) is 3. The lowest BCUT2D eigenvalue weighted by Crippen LogP contribution is -2.31. The van der Waals surface area contributed by atoms with Gasteiger partial charge in [-0.05, 0) is 54.3 Å². The van der Waals surface area contributed by atoms with E-state index in [4.69, 9.17) is 9.47 Å². The van der Waals surface area contributed by atoms with Gasteiger partial charge in [-0.25, -0.2) is 0 Å². The molecule has 2 rings (SSSR count). The van der Waals surface area contributed by atoms with E-state index in [9.17, 15) is 4.79 Å². The highest BCUT2D eigenvalue weighted by molar-refractivity contribution is 9.10. The molecular weight excluding hydrogens is 394 g/mol. The van der Waals surface area contributed by atoms with Gasteiger partial charge < -0.3 is 14.4 Å². The van der Waals surface area contributed by atoms with Gasteiger partial charge in [0.2, 0.25) is 0 Å². The van der Waals surface area contributed by atoms with Crippen LogP contribution in [0.4, 0.5) is 0 Å². The van der Waals surface area contributed by atoms with Crippen molar-refractivity contribution in [2.45, 2.75) is 33.2 Å². The Morgan fingerprint density at radius 1 is 1.19 bits per heavy atom. The van der Waals surface area contributed by atoms with Crippen LogP contribution in [0.25, 0.3) is 0 Å². The van der Waals surface area contributed by atoms with E-state index in [1.807, 2.05) is 30.3 Å². The van der Waals surface area contributed by atoms with Gasteiger partial charge in [-0.3, -0.25) is 4.79 Å². The predicted octanol–water partition coefficient (Wildman–Crippen LogP) is 4.93. The van der Waals surface area contributed by atoms with Crippen LogP contribution in [0.15, 0.2) is 40.9 Å². The van der Waals surface area contributed by atoms with Crippen molar-refractivity contribution in [3.8, 4) is 11.5 Å². The average Bonchev–Trinajstić information content (AvgIpc) is 2.59. The molecule has 1 amide bonds. The first-order valence-corrected chi connectivity index (χ1v) is 9.40. The highest BCUT2D eigenvalue weighted by atomic mass is 79.9.